The van der Waals surface area contributed by atoms with E-state index in [0.29, 0.717) is 5.11 Å². The Balaban J connectivity index is 2.37. The second-order valence-electron chi connectivity index (χ2n) is 2.74. The molecule has 0 bridgehead atoms. The van der Waals surface area contributed by atoms with Crippen LogP contribution in [0.3, 0.4) is 0 Å². The molecule has 0 spiro atoms. The van der Waals surface area contributed by atoms with Crippen LogP contribution in [0.4, 0.5) is 0 Å². The molecule has 2 N–H and O–H groups in total. The summed E-state index contributed by atoms with van der Waals surface area (Å²) in [6.07, 6.45) is 5.46. The molecule has 1 aromatic rings. The molecule has 0 aliphatic heterocycles. The standard InChI is InChI=1S/C11H13N3S/c1-12-11(15)14-13-9-5-8-10-6-3-2-4-7-10/h2-9H,1H3,(H2,12,14,15). The first-order chi connectivity index (χ1) is 7.33. The summed E-state index contributed by atoms with van der Waals surface area (Å²) >= 11 is 4.84. The number of rotatable bonds is 3. The van der Waals surface area contributed by atoms with Crippen LogP contribution in [-0.2, 0) is 0 Å². The number of thiocarbonyl (C=S) groups is 1. The zero-order valence-corrected chi connectivity index (χ0v) is 9.29. The van der Waals surface area contributed by atoms with E-state index in [0.717, 1.165) is 5.56 Å². The Kier molecular flexibility index (Phi) is 5.11. The highest BCUT2D eigenvalue weighted by molar-refractivity contribution is 7.80. The molecule has 0 fully saturated rings. The summed E-state index contributed by atoms with van der Waals surface area (Å²) in [5.41, 5.74) is 3.80. The van der Waals surface area contributed by atoms with Gasteiger partial charge in [0.25, 0.3) is 0 Å². The summed E-state index contributed by atoms with van der Waals surface area (Å²) in [4.78, 5) is 0. The summed E-state index contributed by atoms with van der Waals surface area (Å²) in [5, 5.41) is 7.15. The van der Waals surface area contributed by atoms with E-state index in [1.165, 1.54) is 0 Å². The first kappa shape index (κ1) is 11.4. The fourth-order valence-electron chi connectivity index (χ4n) is 0.913. The fraction of sp³-hybridized carbons (Fsp3) is 0.0909. The van der Waals surface area contributed by atoms with Crippen molar-refractivity contribution in [1.29, 1.82) is 0 Å². The molecule has 1 aromatic carbocycles. The molecule has 0 amide bonds. The topological polar surface area (TPSA) is 36.4 Å². The molecule has 15 heavy (non-hydrogen) atoms. The van der Waals surface area contributed by atoms with Crippen molar-refractivity contribution in [3.8, 4) is 0 Å². The van der Waals surface area contributed by atoms with E-state index < -0.39 is 0 Å². The zero-order chi connectivity index (χ0) is 10.9. The van der Waals surface area contributed by atoms with Gasteiger partial charge >= 0.3 is 0 Å². The number of hydrogen-bond acceptors (Lipinski definition) is 2. The Labute approximate surface area is 94.9 Å². The van der Waals surface area contributed by atoms with Crippen LogP contribution >= 0.6 is 12.2 Å². The highest BCUT2D eigenvalue weighted by atomic mass is 32.1. The van der Waals surface area contributed by atoms with Gasteiger partial charge in [-0.15, -0.1) is 0 Å². The molecule has 0 saturated carbocycles. The molecule has 0 saturated heterocycles. The van der Waals surface area contributed by atoms with Gasteiger partial charge in [0, 0.05) is 13.3 Å². The lowest BCUT2D eigenvalue weighted by Gasteiger charge is -1.97. The van der Waals surface area contributed by atoms with Crippen LogP contribution in [0.1, 0.15) is 5.56 Å². The Morgan fingerprint density at radius 2 is 2.07 bits per heavy atom. The summed E-state index contributed by atoms with van der Waals surface area (Å²) in [7, 11) is 1.74. The second-order valence-corrected chi connectivity index (χ2v) is 3.15. The van der Waals surface area contributed by atoms with Crippen LogP contribution in [0.2, 0.25) is 0 Å². The number of hydrazone groups is 1. The Hall–Kier alpha value is -1.68. The van der Waals surface area contributed by atoms with Crippen LogP contribution in [0.5, 0.6) is 0 Å². The summed E-state index contributed by atoms with van der Waals surface area (Å²) < 4.78 is 0. The van der Waals surface area contributed by atoms with E-state index in [4.69, 9.17) is 12.2 Å². The van der Waals surface area contributed by atoms with Crippen molar-refractivity contribution >= 4 is 29.6 Å². The molecule has 3 nitrogen and oxygen atoms in total. The molecule has 0 atom stereocenters. The predicted octanol–water partition coefficient (Wildman–Crippen LogP) is 1.78. The average Bonchev–Trinajstić information content (AvgIpc) is 2.29. The highest BCUT2D eigenvalue weighted by Gasteiger charge is 1.82. The molecule has 78 valence electrons. The van der Waals surface area contributed by atoms with Gasteiger partial charge in [0.1, 0.15) is 0 Å². The SMILES string of the molecule is CNC(=S)NN=CC=Cc1ccccc1. The van der Waals surface area contributed by atoms with E-state index in [2.05, 4.69) is 15.8 Å². The predicted molar refractivity (Wildman–Crippen MR) is 68.8 cm³/mol. The summed E-state index contributed by atoms with van der Waals surface area (Å²) in [5.74, 6) is 0. The highest BCUT2D eigenvalue weighted by Crippen LogP contribution is 1.99. The maximum Gasteiger partial charge on any atom is 0.186 e. The number of nitrogens with zero attached hydrogens (tertiary/aromatic N) is 1. The minimum atomic E-state index is 0.499. The lowest BCUT2D eigenvalue weighted by molar-refractivity contribution is 0.983. The molecule has 0 heterocycles. The number of nitrogens with one attached hydrogen (secondary N) is 2. The molecular formula is C11H13N3S. The molecule has 1 rings (SSSR count). The van der Waals surface area contributed by atoms with Crippen LogP contribution in [0.25, 0.3) is 6.08 Å². The third-order valence-electron chi connectivity index (χ3n) is 1.64. The number of allylic oxidation sites excluding steroid dienone is 1. The Morgan fingerprint density at radius 3 is 2.73 bits per heavy atom. The average molecular weight is 219 g/mol. The zero-order valence-electron chi connectivity index (χ0n) is 8.47. The molecule has 4 heteroatoms. The van der Waals surface area contributed by atoms with Crippen LogP contribution in [0, 0.1) is 0 Å². The van der Waals surface area contributed by atoms with Crippen molar-refractivity contribution in [3.05, 3.63) is 42.0 Å². The van der Waals surface area contributed by atoms with Crippen molar-refractivity contribution in [2.24, 2.45) is 5.10 Å². The van der Waals surface area contributed by atoms with E-state index in [9.17, 15) is 0 Å². The lowest BCUT2D eigenvalue weighted by Crippen LogP contribution is -2.28. The molecular weight excluding hydrogens is 206 g/mol. The van der Waals surface area contributed by atoms with Gasteiger partial charge in [-0.25, -0.2) is 0 Å². The van der Waals surface area contributed by atoms with Gasteiger partial charge in [-0.2, -0.15) is 5.10 Å². The normalized spacial score (nSPS) is 10.7. The van der Waals surface area contributed by atoms with Crippen LogP contribution in [0.15, 0.2) is 41.5 Å². The third kappa shape index (κ3) is 4.93. The Bertz CT molecular complexity index is 357. The lowest BCUT2D eigenvalue weighted by atomic mass is 10.2. The van der Waals surface area contributed by atoms with Crippen molar-refractivity contribution < 1.29 is 0 Å². The van der Waals surface area contributed by atoms with Crippen LogP contribution < -0.4 is 10.7 Å². The maximum absolute atomic E-state index is 4.84. The van der Waals surface area contributed by atoms with Gasteiger partial charge in [0.15, 0.2) is 5.11 Å². The van der Waals surface area contributed by atoms with Gasteiger partial charge < -0.3 is 5.32 Å². The van der Waals surface area contributed by atoms with Crippen LogP contribution in [-0.4, -0.2) is 18.4 Å². The minimum absolute atomic E-state index is 0.499. The third-order valence-corrected chi connectivity index (χ3v) is 1.94. The first-order valence-electron chi connectivity index (χ1n) is 4.55. The Morgan fingerprint density at radius 1 is 1.33 bits per heavy atom. The minimum Gasteiger partial charge on any atom is -0.364 e. The quantitative estimate of drug-likeness (QED) is 0.462. The molecule has 0 aliphatic rings. The maximum atomic E-state index is 4.84. The second kappa shape index (κ2) is 6.73. The summed E-state index contributed by atoms with van der Waals surface area (Å²) in [6, 6.07) is 10.0. The molecule has 0 unspecified atom stereocenters. The van der Waals surface area contributed by atoms with Crippen molar-refractivity contribution in [3.63, 3.8) is 0 Å². The summed E-state index contributed by atoms with van der Waals surface area (Å²) in [6.45, 7) is 0. The fourth-order valence-corrected chi connectivity index (χ4v) is 0.966. The van der Waals surface area contributed by atoms with Gasteiger partial charge in [-0.1, -0.05) is 36.4 Å². The van der Waals surface area contributed by atoms with Gasteiger partial charge in [0.2, 0.25) is 0 Å². The van der Waals surface area contributed by atoms with Gasteiger partial charge in [-0.05, 0) is 23.9 Å². The largest absolute Gasteiger partial charge is 0.364 e. The van der Waals surface area contributed by atoms with Crippen molar-refractivity contribution in [2.45, 2.75) is 0 Å². The van der Waals surface area contributed by atoms with E-state index in [1.54, 1.807) is 13.3 Å². The molecule has 0 aromatic heterocycles. The molecule has 0 aliphatic carbocycles. The van der Waals surface area contributed by atoms with E-state index in [1.807, 2.05) is 42.5 Å². The monoisotopic (exact) mass is 219 g/mol. The van der Waals surface area contributed by atoms with Crippen molar-refractivity contribution in [1.82, 2.24) is 10.7 Å². The van der Waals surface area contributed by atoms with Crippen molar-refractivity contribution in [2.75, 3.05) is 7.05 Å². The first-order valence-corrected chi connectivity index (χ1v) is 4.96. The van der Waals surface area contributed by atoms with Gasteiger partial charge in [0.05, 0.1) is 0 Å². The molecule has 0 radical (unpaired) electrons. The van der Waals surface area contributed by atoms with E-state index >= 15 is 0 Å². The number of hydrogen-bond donors (Lipinski definition) is 2. The number of benzene rings is 1. The smallest absolute Gasteiger partial charge is 0.186 e. The van der Waals surface area contributed by atoms with Gasteiger partial charge in [-0.3, -0.25) is 5.43 Å². The van der Waals surface area contributed by atoms with E-state index in [-0.39, 0.29) is 0 Å².